The fourth-order valence-electron chi connectivity index (χ4n) is 4.51. The molecule has 1 aliphatic heterocycles. The van der Waals surface area contributed by atoms with E-state index in [0.29, 0.717) is 54.7 Å². The number of nitrogens with zero attached hydrogens (tertiary/aromatic N) is 9. The molecule has 204 valence electrons. The number of hydrogen-bond acceptors (Lipinski definition) is 11. The largest absolute Gasteiger partial charge is 0.507 e. The third-order valence-corrected chi connectivity index (χ3v) is 6.57. The van der Waals surface area contributed by atoms with Crippen LogP contribution < -0.4 is 20.9 Å². The van der Waals surface area contributed by atoms with E-state index in [2.05, 4.69) is 57.2 Å². The van der Waals surface area contributed by atoms with Crippen LogP contribution in [0.1, 0.15) is 16.3 Å². The van der Waals surface area contributed by atoms with Crippen molar-refractivity contribution in [2.24, 2.45) is 0 Å². The summed E-state index contributed by atoms with van der Waals surface area (Å²) in [5.41, 5.74) is 8.95. The lowest BCUT2D eigenvalue weighted by molar-refractivity contribution is 0.0953. The highest BCUT2D eigenvalue weighted by atomic mass is 16.3. The first-order valence-corrected chi connectivity index (χ1v) is 12.9. The molecule has 6 rings (SSSR count). The SMILES string of the molecule is Nc1nnc(-c2ccccc2O)cc1N1CCN(c2ccnc(C#CCNC(=O)c3cc4ncccn4n3)n2)CC1. The summed E-state index contributed by atoms with van der Waals surface area (Å²) < 4.78 is 1.54. The summed E-state index contributed by atoms with van der Waals surface area (Å²) in [6.07, 6.45) is 5.04. The van der Waals surface area contributed by atoms with Gasteiger partial charge in [0, 0.05) is 56.4 Å². The Labute approximate surface area is 234 Å². The number of rotatable bonds is 5. The van der Waals surface area contributed by atoms with Crippen LogP contribution in [0.2, 0.25) is 0 Å². The number of anilines is 3. The molecule has 1 saturated heterocycles. The second kappa shape index (κ2) is 11.1. The van der Waals surface area contributed by atoms with Crippen LogP contribution in [0, 0.1) is 11.8 Å². The lowest BCUT2D eigenvalue weighted by Gasteiger charge is -2.36. The smallest absolute Gasteiger partial charge is 0.272 e. The number of aromatic nitrogens is 7. The standard InChI is InChI=1S/C28H25N11O2/c29-27-22(17-20(34-35-27)19-5-1-2-6-23(19)40)37-13-15-38(16-14-37)25-8-11-30-24(33-25)7-3-9-32-28(41)21-18-26-31-10-4-12-39(26)36-21/h1-2,4-6,8,10-12,17-18,40H,9,13-16H2,(H2,29,35)(H,32,41). The molecule has 0 unspecified atom stereocenters. The van der Waals surface area contributed by atoms with E-state index in [1.165, 1.54) is 4.52 Å². The van der Waals surface area contributed by atoms with E-state index >= 15 is 0 Å². The number of carbonyl (C=O) groups is 1. The maximum Gasteiger partial charge on any atom is 0.272 e. The van der Waals surface area contributed by atoms with Crippen molar-refractivity contribution in [2.75, 3.05) is 48.3 Å². The van der Waals surface area contributed by atoms with Gasteiger partial charge < -0.3 is 26.0 Å². The van der Waals surface area contributed by atoms with Crippen LogP contribution in [0.5, 0.6) is 5.75 Å². The molecule has 13 heteroatoms. The quantitative estimate of drug-likeness (QED) is 0.272. The minimum atomic E-state index is -0.338. The zero-order chi connectivity index (χ0) is 28.2. The monoisotopic (exact) mass is 547 g/mol. The van der Waals surface area contributed by atoms with Crippen LogP contribution in [-0.4, -0.2) is 78.5 Å². The molecule has 0 spiro atoms. The molecule has 0 radical (unpaired) electrons. The fraction of sp³-hybridized carbons (Fsp3) is 0.179. The first-order chi connectivity index (χ1) is 20.0. The van der Waals surface area contributed by atoms with Gasteiger partial charge in [-0.15, -0.1) is 10.2 Å². The van der Waals surface area contributed by atoms with Gasteiger partial charge in [0.2, 0.25) is 5.82 Å². The van der Waals surface area contributed by atoms with Crippen molar-refractivity contribution < 1.29 is 9.90 Å². The topological polar surface area (TPSA) is 164 Å². The van der Waals surface area contributed by atoms with Crippen molar-refractivity contribution in [3.63, 3.8) is 0 Å². The van der Waals surface area contributed by atoms with E-state index in [0.717, 1.165) is 11.5 Å². The summed E-state index contributed by atoms with van der Waals surface area (Å²) in [7, 11) is 0. The highest BCUT2D eigenvalue weighted by Gasteiger charge is 2.22. The molecule has 1 fully saturated rings. The molecule has 0 aliphatic carbocycles. The zero-order valence-electron chi connectivity index (χ0n) is 21.8. The van der Waals surface area contributed by atoms with Gasteiger partial charge in [0.1, 0.15) is 11.6 Å². The number of fused-ring (bicyclic) bond motifs is 1. The second-order valence-electron chi connectivity index (χ2n) is 9.17. The minimum Gasteiger partial charge on any atom is -0.507 e. The number of phenolic OH excluding ortho intramolecular Hbond substituents is 1. The Balaban J connectivity index is 1.07. The Bertz CT molecular complexity index is 1750. The summed E-state index contributed by atoms with van der Waals surface area (Å²) in [5.74, 6) is 7.07. The van der Waals surface area contributed by atoms with Crippen molar-refractivity contribution in [2.45, 2.75) is 0 Å². The summed E-state index contributed by atoms with van der Waals surface area (Å²) in [6, 6.07) is 14.1. The van der Waals surface area contributed by atoms with Gasteiger partial charge in [-0.25, -0.2) is 19.5 Å². The molecule has 1 amide bonds. The Morgan fingerprint density at radius 3 is 2.66 bits per heavy atom. The molecule has 0 bridgehead atoms. The first-order valence-electron chi connectivity index (χ1n) is 12.9. The molecule has 5 heterocycles. The van der Waals surface area contributed by atoms with Gasteiger partial charge in [-0.2, -0.15) is 5.10 Å². The Morgan fingerprint density at radius 1 is 1.00 bits per heavy atom. The van der Waals surface area contributed by atoms with Crippen LogP contribution in [-0.2, 0) is 0 Å². The van der Waals surface area contributed by atoms with Crippen molar-refractivity contribution in [3.8, 4) is 28.8 Å². The van der Waals surface area contributed by atoms with Crippen LogP contribution in [0.3, 0.4) is 0 Å². The maximum absolute atomic E-state index is 12.4. The molecule has 0 saturated carbocycles. The Kier molecular flexibility index (Phi) is 6.93. The summed E-state index contributed by atoms with van der Waals surface area (Å²) in [5, 5.41) is 25.4. The number of phenols is 1. The van der Waals surface area contributed by atoms with E-state index in [1.807, 2.05) is 18.2 Å². The number of nitrogens with one attached hydrogen (secondary N) is 1. The predicted octanol–water partition coefficient (Wildman–Crippen LogP) is 1.37. The first kappa shape index (κ1) is 25.5. The molecule has 4 N–H and O–H groups in total. The minimum absolute atomic E-state index is 0.122. The number of nitrogens with two attached hydrogens (primary N) is 1. The van der Waals surface area contributed by atoms with Gasteiger partial charge in [-0.1, -0.05) is 18.1 Å². The van der Waals surface area contributed by atoms with Crippen LogP contribution in [0.4, 0.5) is 17.3 Å². The molecule has 13 nitrogen and oxygen atoms in total. The number of hydrogen-bond donors (Lipinski definition) is 3. The zero-order valence-corrected chi connectivity index (χ0v) is 21.8. The van der Waals surface area contributed by atoms with Crippen molar-refractivity contribution >= 4 is 28.9 Å². The van der Waals surface area contributed by atoms with Crippen molar-refractivity contribution in [3.05, 3.63) is 78.6 Å². The van der Waals surface area contributed by atoms with E-state index in [9.17, 15) is 9.90 Å². The van der Waals surface area contributed by atoms with Crippen molar-refractivity contribution in [1.82, 2.24) is 40.1 Å². The third kappa shape index (κ3) is 5.52. The number of nitrogen functional groups attached to an aromatic ring is 1. The number of benzene rings is 1. The lowest BCUT2D eigenvalue weighted by atomic mass is 10.1. The molecule has 1 aliphatic rings. The molecule has 4 aromatic heterocycles. The van der Waals surface area contributed by atoms with Gasteiger partial charge in [0.15, 0.2) is 17.2 Å². The molecule has 1 aromatic carbocycles. The Hall–Kier alpha value is -5.77. The summed E-state index contributed by atoms with van der Waals surface area (Å²) >= 11 is 0. The maximum atomic E-state index is 12.4. The molecular formula is C28H25N11O2. The highest BCUT2D eigenvalue weighted by molar-refractivity contribution is 5.93. The molecule has 5 aromatic rings. The molecular weight excluding hydrogens is 522 g/mol. The second-order valence-corrected chi connectivity index (χ2v) is 9.17. The van der Waals surface area contributed by atoms with Gasteiger partial charge in [-0.05, 0) is 36.3 Å². The predicted molar refractivity (Wildman–Crippen MR) is 152 cm³/mol. The van der Waals surface area contributed by atoms with E-state index in [1.54, 1.807) is 48.9 Å². The van der Waals surface area contributed by atoms with Gasteiger partial charge in [0.05, 0.1) is 17.9 Å². The summed E-state index contributed by atoms with van der Waals surface area (Å²) in [4.78, 5) is 29.7. The molecule has 0 atom stereocenters. The highest BCUT2D eigenvalue weighted by Crippen LogP contribution is 2.31. The number of aromatic hydroxyl groups is 1. The number of amides is 1. The van der Waals surface area contributed by atoms with E-state index < -0.39 is 0 Å². The molecule has 41 heavy (non-hydrogen) atoms. The van der Waals surface area contributed by atoms with Crippen molar-refractivity contribution in [1.29, 1.82) is 0 Å². The third-order valence-electron chi connectivity index (χ3n) is 6.57. The number of para-hydroxylation sites is 1. The lowest BCUT2D eigenvalue weighted by Crippen LogP contribution is -2.47. The van der Waals surface area contributed by atoms with Crippen LogP contribution >= 0.6 is 0 Å². The van der Waals surface area contributed by atoms with Crippen LogP contribution in [0.15, 0.2) is 67.1 Å². The van der Waals surface area contributed by atoms with Gasteiger partial charge in [0.25, 0.3) is 5.91 Å². The van der Waals surface area contributed by atoms with Gasteiger partial charge in [-0.3, -0.25) is 4.79 Å². The van der Waals surface area contributed by atoms with E-state index in [-0.39, 0.29) is 23.9 Å². The van der Waals surface area contributed by atoms with E-state index in [4.69, 9.17) is 5.73 Å². The van der Waals surface area contributed by atoms with Gasteiger partial charge >= 0.3 is 0 Å². The number of piperazine rings is 1. The Morgan fingerprint density at radius 2 is 1.83 bits per heavy atom. The van der Waals surface area contributed by atoms with Crippen LogP contribution in [0.25, 0.3) is 16.9 Å². The average molecular weight is 548 g/mol. The fourth-order valence-corrected chi connectivity index (χ4v) is 4.51. The number of carbonyl (C=O) groups excluding carboxylic acids is 1. The average Bonchev–Trinajstić information content (AvgIpc) is 3.45. The normalized spacial score (nSPS) is 13.1. The summed E-state index contributed by atoms with van der Waals surface area (Å²) in [6.45, 7) is 2.89.